The summed E-state index contributed by atoms with van der Waals surface area (Å²) in [5, 5.41) is 5.39. The Bertz CT molecular complexity index is 283. The van der Waals surface area contributed by atoms with Gasteiger partial charge in [-0.3, -0.25) is 5.43 Å². The molecule has 0 aliphatic carbocycles. The Morgan fingerprint density at radius 2 is 2.33 bits per heavy atom. The summed E-state index contributed by atoms with van der Waals surface area (Å²) in [4.78, 5) is 4.18. The molecule has 12 heavy (non-hydrogen) atoms. The first-order valence-corrected chi connectivity index (χ1v) is 3.62. The molecule has 1 aliphatic heterocycles. The second-order valence-corrected chi connectivity index (χ2v) is 2.52. The van der Waals surface area contributed by atoms with Crippen LogP contribution in [-0.4, -0.2) is 11.3 Å². The average Bonchev–Trinajstić information content (AvgIpc) is 2.58. The standard InChI is InChI=1S/C7H9N5/c1-6-2-3-7(8-4-6)12-10-5-9-11-12/h2-5,11H,1H3,(H,9,10). The maximum Gasteiger partial charge on any atom is 0.171 e. The second-order valence-electron chi connectivity index (χ2n) is 2.52. The highest BCUT2D eigenvalue weighted by Crippen LogP contribution is 2.07. The van der Waals surface area contributed by atoms with Gasteiger partial charge in [-0.15, -0.1) is 5.10 Å². The maximum atomic E-state index is 4.18. The summed E-state index contributed by atoms with van der Waals surface area (Å²) in [7, 11) is 0. The molecule has 0 atom stereocenters. The van der Waals surface area contributed by atoms with Gasteiger partial charge < -0.3 is 0 Å². The molecule has 2 rings (SSSR count). The van der Waals surface area contributed by atoms with Crippen LogP contribution in [-0.2, 0) is 0 Å². The van der Waals surface area contributed by atoms with Crippen LogP contribution >= 0.6 is 0 Å². The summed E-state index contributed by atoms with van der Waals surface area (Å²) >= 11 is 0. The minimum atomic E-state index is 0.790. The van der Waals surface area contributed by atoms with Crippen LogP contribution in [0.5, 0.6) is 0 Å². The minimum Gasteiger partial charge on any atom is -0.264 e. The van der Waals surface area contributed by atoms with Crippen LogP contribution < -0.4 is 16.1 Å². The predicted octanol–water partition coefficient (Wildman–Crippen LogP) is 0.163. The molecule has 2 N–H and O–H groups in total. The average molecular weight is 163 g/mol. The summed E-state index contributed by atoms with van der Waals surface area (Å²) in [5.41, 5.74) is 6.72. The van der Waals surface area contributed by atoms with Crippen molar-refractivity contribution in [2.45, 2.75) is 6.92 Å². The van der Waals surface area contributed by atoms with Crippen molar-refractivity contribution in [1.82, 2.24) is 15.9 Å². The van der Waals surface area contributed by atoms with Gasteiger partial charge in [0, 0.05) is 6.20 Å². The lowest BCUT2D eigenvalue weighted by molar-refractivity contribution is 0.673. The van der Waals surface area contributed by atoms with Crippen LogP contribution in [0.25, 0.3) is 0 Å². The fourth-order valence-electron chi connectivity index (χ4n) is 0.912. The van der Waals surface area contributed by atoms with E-state index in [1.807, 2.05) is 19.1 Å². The monoisotopic (exact) mass is 163 g/mol. The van der Waals surface area contributed by atoms with Gasteiger partial charge in [0.2, 0.25) is 0 Å². The summed E-state index contributed by atoms with van der Waals surface area (Å²) in [6.45, 7) is 2.00. The fraction of sp³-hybridized carbons (Fsp3) is 0.143. The van der Waals surface area contributed by atoms with Crippen LogP contribution in [0.15, 0.2) is 23.4 Å². The first-order valence-electron chi connectivity index (χ1n) is 3.62. The molecule has 0 saturated carbocycles. The summed E-state index contributed by atoms with van der Waals surface area (Å²) in [5.74, 6) is 0.790. The third kappa shape index (κ3) is 1.16. The van der Waals surface area contributed by atoms with E-state index in [1.165, 1.54) is 0 Å². The number of rotatable bonds is 1. The van der Waals surface area contributed by atoms with Gasteiger partial charge in [0.25, 0.3) is 0 Å². The van der Waals surface area contributed by atoms with E-state index in [-0.39, 0.29) is 0 Å². The molecular weight excluding hydrogens is 154 g/mol. The molecule has 1 aromatic rings. The van der Waals surface area contributed by atoms with Crippen molar-refractivity contribution in [1.29, 1.82) is 0 Å². The molecule has 0 fully saturated rings. The summed E-state index contributed by atoms with van der Waals surface area (Å²) in [6, 6.07) is 3.90. The fourth-order valence-corrected chi connectivity index (χ4v) is 0.912. The third-order valence-electron chi connectivity index (χ3n) is 1.53. The highest BCUT2D eigenvalue weighted by atomic mass is 15.9. The lowest BCUT2D eigenvalue weighted by atomic mass is 10.3. The summed E-state index contributed by atoms with van der Waals surface area (Å²) < 4.78 is 0. The van der Waals surface area contributed by atoms with Crippen molar-refractivity contribution < 1.29 is 0 Å². The Morgan fingerprint density at radius 3 is 2.92 bits per heavy atom. The van der Waals surface area contributed by atoms with E-state index in [0.717, 1.165) is 11.4 Å². The van der Waals surface area contributed by atoms with Crippen LogP contribution in [0.3, 0.4) is 0 Å². The van der Waals surface area contributed by atoms with Gasteiger partial charge in [-0.05, 0) is 18.6 Å². The molecule has 0 bridgehead atoms. The normalized spacial score (nSPS) is 14.2. The molecule has 0 unspecified atom stereocenters. The molecule has 0 saturated heterocycles. The van der Waals surface area contributed by atoms with Crippen LogP contribution in [0.4, 0.5) is 5.82 Å². The van der Waals surface area contributed by atoms with E-state index in [9.17, 15) is 0 Å². The Balaban J connectivity index is 2.18. The first kappa shape index (κ1) is 6.90. The third-order valence-corrected chi connectivity index (χ3v) is 1.53. The number of nitrogens with one attached hydrogen (secondary N) is 2. The van der Waals surface area contributed by atoms with Crippen molar-refractivity contribution >= 4 is 12.2 Å². The Hall–Kier alpha value is -1.78. The molecule has 0 amide bonds. The highest BCUT2D eigenvalue weighted by molar-refractivity contribution is 5.60. The smallest absolute Gasteiger partial charge is 0.171 e. The Kier molecular flexibility index (Phi) is 1.55. The number of hydrazone groups is 1. The zero-order chi connectivity index (χ0) is 8.39. The van der Waals surface area contributed by atoms with E-state index in [0.29, 0.717) is 0 Å². The van der Waals surface area contributed by atoms with Crippen LogP contribution in [0.2, 0.25) is 0 Å². The van der Waals surface area contributed by atoms with Crippen molar-refractivity contribution in [2.24, 2.45) is 5.10 Å². The number of nitrogens with zero attached hydrogens (tertiary/aromatic N) is 3. The van der Waals surface area contributed by atoms with Crippen LogP contribution in [0, 0.1) is 6.92 Å². The van der Waals surface area contributed by atoms with Crippen molar-refractivity contribution in [2.75, 3.05) is 5.12 Å². The molecule has 1 aliphatic rings. The van der Waals surface area contributed by atoms with Crippen molar-refractivity contribution in [3.8, 4) is 0 Å². The molecule has 0 radical (unpaired) electrons. The number of hydrogen-bond acceptors (Lipinski definition) is 5. The zero-order valence-electron chi connectivity index (χ0n) is 6.65. The lowest BCUT2D eigenvalue weighted by Crippen LogP contribution is -2.39. The predicted molar refractivity (Wildman–Crippen MR) is 46.2 cm³/mol. The zero-order valence-corrected chi connectivity index (χ0v) is 6.65. The highest BCUT2D eigenvalue weighted by Gasteiger charge is 2.07. The molecule has 62 valence electrons. The molecule has 5 heteroatoms. The van der Waals surface area contributed by atoms with Gasteiger partial charge >= 0.3 is 0 Å². The molecule has 5 nitrogen and oxygen atoms in total. The number of hydrogen-bond donors (Lipinski definition) is 2. The number of hydrazine groups is 2. The van der Waals surface area contributed by atoms with E-state index in [1.54, 1.807) is 17.7 Å². The van der Waals surface area contributed by atoms with Crippen LogP contribution in [0.1, 0.15) is 5.56 Å². The van der Waals surface area contributed by atoms with Gasteiger partial charge in [-0.2, -0.15) is 10.7 Å². The van der Waals surface area contributed by atoms with E-state index in [4.69, 9.17) is 0 Å². The molecule has 0 aromatic carbocycles. The number of anilines is 1. The molecule has 0 spiro atoms. The van der Waals surface area contributed by atoms with Gasteiger partial charge in [0.15, 0.2) is 5.82 Å². The van der Waals surface area contributed by atoms with E-state index in [2.05, 4.69) is 21.0 Å². The number of aryl methyl sites for hydroxylation is 1. The Labute approximate surface area is 70.0 Å². The quantitative estimate of drug-likeness (QED) is 0.619. The van der Waals surface area contributed by atoms with Crippen molar-refractivity contribution in [3.05, 3.63) is 23.9 Å². The SMILES string of the molecule is Cc1ccc(N2NC=NN2)nc1. The van der Waals surface area contributed by atoms with Gasteiger partial charge in [0.1, 0.15) is 6.34 Å². The van der Waals surface area contributed by atoms with E-state index >= 15 is 0 Å². The second kappa shape index (κ2) is 2.69. The van der Waals surface area contributed by atoms with Gasteiger partial charge in [-0.1, -0.05) is 6.07 Å². The lowest BCUT2D eigenvalue weighted by Gasteiger charge is -2.14. The molecule has 1 aromatic heterocycles. The number of aromatic nitrogens is 1. The van der Waals surface area contributed by atoms with Crippen molar-refractivity contribution in [3.63, 3.8) is 0 Å². The minimum absolute atomic E-state index is 0.790. The van der Waals surface area contributed by atoms with Gasteiger partial charge in [-0.25, -0.2) is 4.98 Å². The Morgan fingerprint density at radius 1 is 1.42 bits per heavy atom. The number of pyridine rings is 1. The summed E-state index contributed by atoms with van der Waals surface area (Å²) in [6.07, 6.45) is 3.36. The maximum absolute atomic E-state index is 4.18. The first-order chi connectivity index (χ1) is 5.86. The van der Waals surface area contributed by atoms with Gasteiger partial charge in [0.05, 0.1) is 0 Å². The topological polar surface area (TPSA) is 52.5 Å². The van der Waals surface area contributed by atoms with E-state index < -0.39 is 0 Å². The molecular formula is C7H9N5. The molecule has 2 heterocycles. The largest absolute Gasteiger partial charge is 0.264 e.